The Kier molecular flexibility index (Phi) is 2.99. The van der Waals surface area contributed by atoms with Crippen LogP contribution in [-0.2, 0) is 0 Å². The molecule has 0 aromatic heterocycles. The first kappa shape index (κ1) is 10.8. The maximum absolute atomic E-state index is 12.0. The Morgan fingerprint density at radius 1 is 1.50 bits per heavy atom. The Hall–Kier alpha value is -1.71. The molecule has 3 N–H and O–H groups in total. The van der Waals surface area contributed by atoms with E-state index in [0.29, 0.717) is 23.0 Å². The highest BCUT2D eigenvalue weighted by Gasteiger charge is 2.23. The molecule has 4 heteroatoms. The Bertz CT molecular complexity index is 400. The monoisotopic (exact) mass is 220 g/mol. The maximum Gasteiger partial charge on any atom is 0.257 e. The van der Waals surface area contributed by atoms with Gasteiger partial charge in [-0.05, 0) is 31.4 Å². The number of carbonyl (C=O) groups is 1. The van der Waals surface area contributed by atoms with E-state index in [4.69, 9.17) is 10.5 Å². The van der Waals surface area contributed by atoms with Crippen molar-refractivity contribution in [3.05, 3.63) is 23.8 Å². The summed E-state index contributed by atoms with van der Waals surface area (Å²) in [6.07, 6.45) is 3.30. The molecule has 1 amide bonds. The van der Waals surface area contributed by atoms with E-state index >= 15 is 0 Å². The van der Waals surface area contributed by atoms with E-state index in [-0.39, 0.29) is 5.91 Å². The number of benzene rings is 1. The molecule has 1 aliphatic carbocycles. The molecule has 1 fully saturated rings. The zero-order valence-corrected chi connectivity index (χ0v) is 9.32. The second kappa shape index (κ2) is 4.43. The summed E-state index contributed by atoms with van der Waals surface area (Å²) < 4.78 is 5.14. The fourth-order valence-corrected chi connectivity index (χ4v) is 1.77. The van der Waals surface area contributed by atoms with Crippen LogP contribution in [0.2, 0.25) is 0 Å². The largest absolute Gasteiger partial charge is 0.496 e. The lowest BCUT2D eigenvalue weighted by Gasteiger charge is -2.26. The summed E-state index contributed by atoms with van der Waals surface area (Å²) in [5, 5.41) is 2.95. The van der Waals surface area contributed by atoms with E-state index in [2.05, 4.69) is 5.32 Å². The molecule has 0 atom stereocenters. The van der Waals surface area contributed by atoms with Crippen molar-refractivity contribution >= 4 is 11.6 Å². The number of nitrogens with two attached hydrogens (primary N) is 1. The molecule has 4 nitrogen and oxygen atoms in total. The van der Waals surface area contributed by atoms with Crippen LogP contribution in [0, 0.1) is 0 Å². The summed E-state index contributed by atoms with van der Waals surface area (Å²) in [6, 6.07) is 5.52. The number of ether oxygens (including phenoxy) is 1. The van der Waals surface area contributed by atoms with Gasteiger partial charge in [0.15, 0.2) is 0 Å². The standard InChI is InChI=1S/C12H16N2O2/c1-16-10-7-3-6-9(13)11(10)12(15)14-8-4-2-5-8/h3,6-8H,2,4-5,13H2,1H3,(H,14,15). The molecule has 1 aromatic rings. The predicted octanol–water partition coefficient (Wildman–Crippen LogP) is 1.56. The SMILES string of the molecule is COc1cccc(N)c1C(=O)NC1CCC1. The number of nitrogens with one attached hydrogen (secondary N) is 1. The molecule has 0 aliphatic heterocycles. The molecule has 0 radical (unpaired) electrons. The van der Waals surface area contributed by atoms with Crippen molar-refractivity contribution in [2.45, 2.75) is 25.3 Å². The smallest absolute Gasteiger partial charge is 0.257 e. The van der Waals surface area contributed by atoms with Crippen molar-refractivity contribution in [1.82, 2.24) is 5.32 Å². The second-order valence-corrected chi connectivity index (χ2v) is 4.03. The van der Waals surface area contributed by atoms with Gasteiger partial charge >= 0.3 is 0 Å². The molecular formula is C12H16N2O2. The second-order valence-electron chi connectivity index (χ2n) is 4.03. The highest BCUT2D eigenvalue weighted by Crippen LogP contribution is 2.25. The van der Waals surface area contributed by atoms with Crippen LogP contribution in [-0.4, -0.2) is 19.1 Å². The zero-order valence-electron chi connectivity index (χ0n) is 9.32. The van der Waals surface area contributed by atoms with Gasteiger partial charge in [-0.15, -0.1) is 0 Å². The summed E-state index contributed by atoms with van der Waals surface area (Å²) in [7, 11) is 1.54. The van der Waals surface area contributed by atoms with Gasteiger partial charge < -0.3 is 15.8 Å². The Labute approximate surface area is 94.8 Å². The van der Waals surface area contributed by atoms with E-state index in [9.17, 15) is 4.79 Å². The molecule has 1 aliphatic rings. The summed E-state index contributed by atoms with van der Waals surface area (Å²) >= 11 is 0. The van der Waals surface area contributed by atoms with Crippen LogP contribution in [0.1, 0.15) is 29.6 Å². The Morgan fingerprint density at radius 3 is 2.81 bits per heavy atom. The van der Waals surface area contributed by atoms with Gasteiger partial charge in [-0.25, -0.2) is 0 Å². The number of carbonyl (C=O) groups excluding carboxylic acids is 1. The molecule has 1 aromatic carbocycles. The lowest BCUT2D eigenvalue weighted by atomic mass is 9.93. The van der Waals surface area contributed by atoms with E-state index in [1.807, 2.05) is 0 Å². The fourth-order valence-electron chi connectivity index (χ4n) is 1.77. The van der Waals surface area contributed by atoms with Gasteiger partial charge in [-0.1, -0.05) is 6.07 Å². The number of nitrogen functional groups attached to an aromatic ring is 1. The average molecular weight is 220 g/mol. The first-order chi connectivity index (χ1) is 7.72. The van der Waals surface area contributed by atoms with Crippen molar-refractivity contribution in [2.24, 2.45) is 0 Å². The fraction of sp³-hybridized carbons (Fsp3) is 0.417. The Morgan fingerprint density at radius 2 is 2.25 bits per heavy atom. The molecule has 0 unspecified atom stereocenters. The average Bonchev–Trinajstić information content (AvgIpc) is 2.22. The van der Waals surface area contributed by atoms with Crippen molar-refractivity contribution in [1.29, 1.82) is 0 Å². The molecule has 0 saturated heterocycles. The number of hydrogen-bond donors (Lipinski definition) is 2. The number of amides is 1. The van der Waals surface area contributed by atoms with Gasteiger partial charge in [-0.2, -0.15) is 0 Å². The van der Waals surface area contributed by atoms with Gasteiger partial charge in [0, 0.05) is 11.7 Å². The minimum absolute atomic E-state index is 0.139. The number of methoxy groups -OCH3 is 1. The summed E-state index contributed by atoms with van der Waals surface area (Å²) in [4.78, 5) is 12.0. The Balaban J connectivity index is 2.20. The molecule has 1 saturated carbocycles. The topological polar surface area (TPSA) is 64.3 Å². The number of rotatable bonds is 3. The third-order valence-corrected chi connectivity index (χ3v) is 2.95. The molecule has 0 heterocycles. The quantitative estimate of drug-likeness (QED) is 0.760. The van der Waals surface area contributed by atoms with Crippen LogP contribution in [0.3, 0.4) is 0 Å². The minimum atomic E-state index is -0.139. The van der Waals surface area contributed by atoms with Crippen LogP contribution in [0.15, 0.2) is 18.2 Å². The third kappa shape index (κ3) is 1.96. The van der Waals surface area contributed by atoms with Gasteiger partial charge in [-0.3, -0.25) is 4.79 Å². The van der Waals surface area contributed by atoms with Crippen molar-refractivity contribution in [3.8, 4) is 5.75 Å². The highest BCUT2D eigenvalue weighted by atomic mass is 16.5. The van der Waals surface area contributed by atoms with E-state index in [1.165, 1.54) is 13.5 Å². The maximum atomic E-state index is 12.0. The van der Waals surface area contributed by atoms with Gasteiger partial charge in [0.05, 0.1) is 7.11 Å². The summed E-state index contributed by atoms with van der Waals surface area (Å²) in [6.45, 7) is 0. The van der Waals surface area contributed by atoms with Crippen molar-refractivity contribution in [3.63, 3.8) is 0 Å². The van der Waals surface area contributed by atoms with Gasteiger partial charge in [0.1, 0.15) is 11.3 Å². The molecule has 2 rings (SSSR count). The van der Waals surface area contributed by atoms with Gasteiger partial charge in [0.25, 0.3) is 5.91 Å². The highest BCUT2D eigenvalue weighted by molar-refractivity contribution is 6.02. The number of hydrogen-bond acceptors (Lipinski definition) is 3. The van der Waals surface area contributed by atoms with Crippen LogP contribution in [0.5, 0.6) is 5.75 Å². The molecule has 0 bridgehead atoms. The first-order valence-electron chi connectivity index (χ1n) is 5.45. The van der Waals surface area contributed by atoms with E-state index < -0.39 is 0 Å². The predicted molar refractivity (Wildman–Crippen MR) is 62.5 cm³/mol. The minimum Gasteiger partial charge on any atom is -0.496 e. The van der Waals surface area contributed by atoms with Crippen molar-refractivity contribution in [2.75, 3.05) is 12.8 Å². The van der Waals surface area contributed by atoms with Crippen LogP contribution in [0.4, 0.5) is 5.69 Å². The van der Waals surface area contributed by atoms with Crippen LogP contribution in [0.25, 0.3) is 0 Å². The third-order valence-electron chi connectivity index (χ3n) is 2.95. The van der Waals surface area contributed by atoms with E-state index in [0.717, 1.165) is 12.8 Å². The van der Waals surface area contributed by atoms with Crippen molar-refractivity contribution < 1.29 is 9.53 Å². The van der Waals surface area contributed by atoms with Crippen LogP contribution < -0.4 is 15.8 Å². The first-order valence-corrected chi connectivity index (χ1v) is 5.45. The lowest BCUT2D eigenvalue weighted by Crippen LogP contribution is -2.39. The normalized spacial score (nSPS) is 15.3. The van der Waals surface area contributed by atoms with Gasteiger partial charge in [0.2, 0.25) is 0 Å². The molecular weight excluding hydrogens is 204 g/mol. The molecule has 86 valence electrons. The lowest BCUT2D eigenvalue weighted by molar-refractivity contribution is 0.0915. The number of anilines is 1. The van der Waals surface area contributed by atoms with Crippen LogP contribution >= 0.6 is 0 Å². The zero-order chi connectivity index (χ0) is 11.5. The summed E-state index contributed by atoms with van der Waals surface area (Å²) in [5.74, 6) is 0.386. The molecule has 0 spiro atoms. The summed E-state index contributed by atoms with van der Waals surface area (Å²) in [5.41, 5.74) is 6.69. The molecule has 16 heavy (non-hydrogen) atoms. The van der Waals surface area contributed by atoms with E-state index in [1.54, 1.807) is 18.2 Å².